The molecule has 5 nitrogen and oxygen atoms in total. The normalized spacial score (nSPS) is 14.3. The molecule has 0 saturated heterocycles. The van der Waals surface area contributed by atoms with Crippen LogP contribution in [-0.2, 0) is 16.4 Å². The number of hydrogen-bond donors (Lipinski definition) is 0. The van der Waals surface area contributed by atoms with Gasteiger partial charge in [-0.2, -0.15) is 5.10 Å². The zero-order chi connectivity index (χ0) is 19.0. The van der Waals surface area contributed by atoms with Crippen molar-refractivity contribution < 1.29 is 8.42 Å². The van der Waals surface area contributed by atoms with E-state index in [2.05, 4.69) is 5.10 Å². The predicted molar refractivity (Wildman–Crippen MR) is 105 cm³/mol. The second kappa shape index (κ2) is 6.78. The summed E-state index contributed by atoms with van der Waals surface area (Å²) in [5.74, 6) is 0.526. The molecule has 0 unspecified atom stereocenters. The molecule has 27 heavy (non-hydrogen) atoms. The summed E-state index contributed by atoms with van der Waals surface area (Å²) < 4.78 is 25.4. The number of nitrogens with zero attached hydrogens (tertiary/aromatic N) is 2. The topological polar surface area (TPSA) is 69.0 Å². The molecule has 1 aromatic heterocycles. The molecule has 1 aliphatic carbocycles. The summed E-state index contributed by atoms with van der Waals surface area (Å²) in [6, 6.07) is 16.1. The molecule has 1 saturated carbocycles. The molecule has 138 valence electrons. The van der Waals surface area contributed by atoms with Crippen molar-refractivity contribution in [1.82, 2.24) is 9.78 Å². The van der Waals surface area contributed by atoms with E-state index < -0.39 is 9.84 Å². The molecule has 1 heterocycles. The Morgan fingerprint density at radius 3 is 2.41 bits per heavy atom. The molecule has 0 bridgehead atoms. The van der Waals surface area contributed by atoms with Crippen molar-refractivity contribution in [3.63, 3.8) is 0 Å². The smallest absolute Gasteiger partial charge is 0.267 e. The first-order valence-electron chi connectivity index (χ1n) is 8.89. The van der Waals surface area contributed by atoms with Crippen LogP contribution in [-0.4, -0.2) is 24.5 Å². The van der Waals surface area contributed by atoms with Crippen LogP contribution in [0, 0.1) is 5.92 Å². The number of sulfone groups is 1. The zero-order valence-electron chi connectivity index (χ0n) is 15.0. The Morgan fingerprint density at radius 2 is 1.74 bits per heavy atom. The summed E-state index contributed by atoms with van der Waals surface area (Å²) in [4.78, 5) is 13.4. The lowest BCUT2D eigenvalue weighted by atomic mass is 9.97. The Hall–Kier alpha value is -2.73. The summed E-state index contributed by atoms with van der Waals surface area (Å²) in [6.45, 7) is 0.627. The Kier molecular flexibility index (Phi) is 4.44. The molecular formula is C21H20N2O3S. The second-order valence-corrected chi connectivity index (χ2v) is 9.05. The summed E-state index contributed by atoms with van der Waals surface area (Å²) in [7, 11) is -3.34. The number of aromatic nitrogens is 2. The predicted octanol–water partition coefficient (Wildman–Crippen LogP) is 3.39. The van der Waals surface area contributed by atoms with Crippen LogP contribution in [0.4, 0.5) is 0 Å². The maximum absolute atomic E-state index is 13.2. The first-order valence-corrected chi connectivity index (χ1v) is 10.8. The van der Waals surface area contributed by atoms with E-state index in [0.29, 0.717) is 29.2 Å². The lowest BCUT2D eigenvalue weighted by Gasteiger charge is -2.13. The fourth-order valence-corrected chi connectivity index (χ4v) is 3.83. The largest absolute Gasteiger partial charge is 0.275 e. The van der Waals surface area contributed by atoms with Gasteiger partial charge in [0, 0.05) is 18.4 Å². The van der Waals surface area contributed by atoms with Crippen LogP contribution >= 0.6 is 0 Å². The van der Waals surface area contributed by atoms with Crippen molar-refractivity contribution in [2.45, 2.75) is 24.3 Å². The van der Waals surface area contributed by atoms with Gasteiger partial charge in [-0.25, -0.2) is 13.1 Å². The fraction of sp³-hybridized carbons (Fsp3) is 0.238. The van der Waals surface area contributed by atoms with Gasteiger partial charge in [0.1, 0.15) is 0 Å². The van der Waals surface area contributed by atoms with Crippen molar-refractivity contribution in [1.29, 1.82) is 0 Å². The molecule has 0 spiro atoms. The summed E-state index contributed by atoms with van der Waals surface area (Å²) in [5, 5.41) is 4.37. The molecule has 0 N–H and O–H groups in total. The van der Waals surface area contributed by atoms with E-state index in [4.69, 9.17) is 0 Å². The van der Waals surface area contributed by atoms with Gasteiger partial charge in [0.2, 0.25) is 0 Å². The highest BCUT2D eigenvalue weighted by Crippen LogP contribution is 2.32. The van der Waals surface area contributed by atoms with Crippen molar-refractivity contribution in [3.8, 4) is 22.3 Å². The Morgan fingerprint density at radius 1 is 1.04 bits per heavy atom. The van der Waals surface area contributed by atoms with Gasteiger partial charge in [0.05, 0.1) is 16.7 Å². The van der Waals surface area contributed by atoms with Crippen LogP contribution in [0.5, 0.6) is 0 Å². The molecule has 1 fully saturated rings. The third kappa shape index (κ3) is 3.71. The monoisotopic (exact) mass is 380 g/mol. The van der Waals surface area contributed by atoms with Gasteiger partial charge in [0.15, 0.2) is 9.84 Å². The highest BCUT2D eigenvalue weighted by Gasteiger charge is 2.24. The highest BCUT2D eigenvalue weighted by molar-refractivity contribution is 7.90. The van der Waals surface area contributed by atoms with Gasteiger partial charge in [-0.1, -0.05) is 42.5 Å². The Labute approximate surface area is 158 Å². The average molecular weight is 380 g/mol. The van der Waals surface area contributed by atoms with Crippen LogP contribution in [0.3, 0.4) is 0 Å². The minimum absolute atomic E-state index is 0.143. The first kappa shape index (κ1) is 17.7. The van der Waals surface area contributed by atoms with Crippen molar-refractivity contribution in [2.24, 2.45) is 5.92 Å². The van der Waals surface area contributed by atoms with Crippen LogP contribution in [0.15, 0.2) is 70.5 Å². The number of benzene rings is 2. The molecule has 0 radical (unpaired) electrons. The minimum Gasteiger partial charge on any atom is -0.267 e. The summed E-state index contributed by atoms with van der Waals surface area (Å²) in [5.41, 5.74) is 2.52. The van der Waals surface area contributed by atoms with Crippen LogP contribution < -0.4 is 5.56 Å². The lowest BCUT2D eigenvalue weighted by molar-refractivity contribution is 0.535. The standard InChI is InChI=1S/C21H20N2O3S/c1-27(25,26)18-9-5-8-17(12-18)19-13-22-23(14-15-10-11-15)21(24)20(19)16-6-3-2-4-7-16/h2-9,12-13,15H,10-11,14H2,1H3. The number of rotatable bonds is 5. The van der Waals surface area contributed by atoms with Gasteiger partial charge in [-0.05, 0) is 42.0 Å². The summed E-state index contributed by atoms with van der Waals surface area (Å²) in [6.07, 6.45) is 5.11. The van der Waals surface area contributed by atoms with E-state index in [1.807, 2.05) is 36.4 Å². The maximum Gasteiger partial charge on any atom is 0.275 e. The maximum atomic E-state index is 13.2. The fourth-order valence-electron chi connectivity index (χ4n) is 3.16. The van der Waals surface area contributed by atoms with Crippen molar-refractivity contribution in [3.05, 3.63) is 71.1 Å². The van der Waals surface area contributed by atoms with Crippen molar-refractivity contribution in [2.75, 3.05) is 6.26 Å². The van der Waals surface area contributed by atoms with Crippen LogP contribution in [0.25, 0.3) is 22.3 Å². The molecule has 4 rings (SSSR count). The van der Waals surface area contributed by atoms with Crippen LogP contribution in [0.2, 0.25) is 0 Å². The number of hydrogen-bond acceptors (Lipinski definition) is 4. The zero-order valence-corrected chi connectivity index (χ0v) is 15.8. The van der Waals surface area contributed by atoms with E-state index in [1.54, 1.807) is 24.4 Å². The molecule has 0 aliphatic heterocycles. The molecule has 3 aromatic rings. The van der Waals surface area contributed by atoms with E-state index in [0.717, 1.165) is 18.4 Å². The Bertz CT molecular complexity index is 1150. The molecule has 2 aromatic carbocycles. The van der Waals surface area contributed by atoms with Gasteiger partial charge >= 0.3 is 0 Å². The van der Waals surface area contributed by atoms with E-state index in [-0.39, 0.29) is 10.5 Å². The SMILES string of the molecule is CS(=O)(=O)c1cccc(-c2cnn(CC3CC3)c(=O)c2-c2ccccc2)c1. The van der Waals surface area contributed by atoms with Gasteiger partial charge < -0.3 is 0 Å². The van der Waals surface area contributed by atoms with Gasteiger partial charge in [-0.3, -0.25) is 4.79 Å². The molecule has 0 amide bonds. The van der Waals surface area contributed by atoms with Crippen molar-refractivity contribution >= 4 is 9.84 Å². The lowest BCUT2D eigenvalue weighted by Crippen LogP contribution is -2.25. The Balaban J connectivity index is 1.93. The average Bonchev–Trinajstić information content (AvgIpc) is 3.47. The molecule has 1 aliphatic rings. The van der Waals surface area contributed by atoms with Crippen LogP contribution in [0.1, 0.15) is 12.8 Å². The highest BCUT2D eigenvalue weighted by atomic mass is 32.2. The molecule has 6 heteroatoms. The third-order valence-electron chi connectivity index (χ3n) is 4.81. The van der Waals surface area contributed by atoms with E-state index in [1.165, 1.54) is 10.9 Å². The van der Waals surface area contributed by atoms with Gasteiger partial charge in [-0.15, -0.1) is 0 Å². The quantitative estimate of drug-likeness (QED) is 0.680. The van der Waals surface area contributed by atoms with E-state index >= 15 is 0 Å². The van der Waals surface area contributed by atoms with Gasteiger partial charge in [0.25, 0.3) is 5.56 Å². The third-order valence-corrected chi connectivity index (χ3v) is 5.92. The van der Waals surface area contributed by atoms with E-state index in [9.17, 15) is 13.2 Å². The first-order chi connectivity index (χ1) is 12.9. The molecular weight excluding hydrogens is 360 g/mol. The summed E-state index contributed by atoms with van der Waals surface area (Å²) >= 11 is 0. The molecule has 0 atom stereocenters. The second-order valence-electron chi connectivity index (χ2n) is 7.03. The minimum atomic E-state index is -3.34.